The van der Waals surface area contributed by atoms with E-state index in [9.17, 15) is 55.9 Å². The normalized spacial score (nSPS) is 11.3. The fourth-order valence-corrected chi connectivity index (χ4v) is 7.18. The van der Waals surface area contributed by atoms with Gasteiger partial charge in [-0.25, -0.2) is 51.1 Å². The summed E-state index contributed by atoms with van der Waals surface area (Å²) in [6, 6.07) is 51.3. The van der Waals surface area contributed by atoms with Gasteiger partial charge in [0.2, 0.25) is 0 Å². The number of alkyl carbamates (subject to hydrolysis) is 3. The molecule has 4 atom stereocenters. The molecule has 0 saturated heterocycles. The van der Waals surface area contributed by atoms with Crippen LogP contribution in [0.3, 0.4) is 0 Å². The quantitative estimate of drug-likeness (QED) is 0.0212. The molecule has 8 aromatic rings. The summed E-state index contributed by atoms with van der Waals surface area (Å²) in [5.41, 5.74) is 8.38. The summed E-state index contributed by atoms with van der Waals surface area (Å²) in [4.78, 5) is 89.3. The van der Waals surface area contributed by atoms with Crippen LogP contribution in [0, 0.1) is 23.3 Å². The molecule has 9 N–H and O–H groups in total. The number of halogens is 5. The number of nitrogens with one attached hydrogen (secondary N) is 3. The minimum atomic E-state index is -1.38. The number of benzene rings is 8. The van der Waals surface area contributed by atoms with Crippen LogP contribution < -0.4 is 21.7 Å². The van der Waals surface area contributed by atoms with Gasteiger partial charge in [0.1, 0.15) is 55.7 Å². The molecule has 25 heteroatoms. The van der Waals surface area contributed by atoms with Crippen molar-refractivity contribution >= 4 is 59.2 Å². The Bertz CT molecular complexity index is 3290. The van der Waals surface area contributed by atoms with Crippen LogP contribution in [0.2, 0.25) is 0 Å². The van der Waals surface area contributed by atoms with E-state index >= 15 is 0 Å². The number of carboxylic acids is 4. The number of amides is 3. The fourth-order valence-electron chi connectivity index (χ4n) is 7.13. The third-order valence-corrected chi connectivity index (χ3v) is 11.5. The minimum absolute atomic E-state index is 0.0160. The summed E-state index contributed by atoms with van der Waals surface area (Å²) < 4.78 is 71.4. The molecule has 0 radical (unpaired) electrons. The van der Waals surface area contributed by atoms with Crippen LogP contribution >= 0.6 is 11.6 Å². The summed E-state index contributed by atoms with van der Waals surface area (Å²) in [5, 5.41) is 42.6. The first-order valence-corrected chi connectivity index (χ1v) is 26.4. The molecule has 0 aliphatic carbocycles. The molecule has 8 aromatic carbocycles. The first-order valence-electron chi connectivity index (χ1n) is 26.0. The Kier molecular flexibility index (Phi) is 30.1. The molecule has 0 aliphatic heterocycles. The van der Waals surface area contributed by atoms with Crippen molar-refractivity contribution in [1.82, 2.24) is 16.0 Å². The lowest BCUT2D eigenvalue weighted by atomic mass is 10.1. The third kappa shape index (κ3) is 27.6. The van der Waals surface area contributed by atoms with Crippen LogP contribution in [-0.2, 0) is 64.6 Å². The Hall–Kier alpha value is -11.1. The highest BCUT2D eigenvalue weighted by Gasteiger charge is 2.26. The third-order valence-electron chi connectivity index (χ3n) is 11.4. The standard InChI is InChI=1S/3C16H14FNO4.C8H7ClO2.C8H8FNO2/c3*17-13-8-4-7-12(9-13)14(15(19)20)18-16(21)22-10-11-5-2-1-3-6-11;9-8(10)11-6-7-4-2-1-3-5-7;9-6-3-1-2-5(4-6)7(10)8(11)12/h3*1-9,14H,10H2,(H,18,21)(H,19,20);1-5H,6H2;1-4,7H,10H2,(H,11,12)/t2*14-;;;/m10.../s1. The Balaban J connectivity index is 0.000000244. The van der Waals surface area contributed by atoms with E-state index in [4.69, 9.17) is 52.0 Å². The zero-order valence-corrected chi connectivity index (χ0v) is 47.3. The second kappa shape index (κ2) is 38.0. The number of nitrogens with two attached hydrogens (primary N) is 1. The van der Waals surface area contributed by atoms with Crippen molar-refractivity contribution in [3.05, 3.63) is 286 Å². The molecule has 0 fully saturated rings. The van der Waals surface area contributed by atoms with Gasteiger partial charge < -0.3 is 61.1 Å². The molecule has 0 aromatic heterocycles. The van der Waals surface area contributed by atoms with Crippen LogP contribution in [0.4, 0.5) is 36.7 Å². The number of carboxylic acid groups (broad SMARTS) is 4. The SMILES string of the molecule is NC(C(=O)O)c1cccc(F)c1.O=C(Cl)OCc1ccccc1.O=C(NC(C(=O)O)c1cccc(F)c1)OCc1ccccc1.O=C(N[C@@H](C(=O)O)c1cccc(F)c1)OCc1ccccc1.O=C(N[C@H](C(=O)O)c1cccc(F)c1)OCc1ccccc1. The van der Waals surface area contributed by atoms with Crippen LogP contribution in [-0.4, -0.2) is 68.0 Å². The van der Waals surface area contributed by atoms with Crippen LogP contribution in [0.1, 0.15) is 68.7 Å². The summed E-state index contributed by atoms with van der Waals surface area (Å²) in [6.07, 6.45) is -2.67. The van der Waals surface area contributed by atoms with E-state index in [1.807, 2.05) is 48.5 Å². The summed E-state index contributed by atoms with van der Waals surface area (Å²) in [5.74, 6) is -7.30. The van der Waals surface area contributed by atoms with Gasteiger partial charge in [-0.1, -0.05) is 170 Å². The monoisotopic (exact) mass is 1250 g/mol. The Morgan fingerprint density at radius 1 is 0.348 bits per heavy atom. The molecule has 0 aliphatic rings. The molecule has 89 heavy (non-hydrogen) atoms. The highest BCUT2D eigenvalue weighted by Crippen LogP contribution is 2.19. The van der Waals surface area contributed by atoms with Crippen molar-refractivity contribution in [3.8, 4) is 0 Å². The number of carbonyl (C=O) groups is 8. The van der Waals surface area contributed by atoms with Gasteiger partial charge in [0.05, 0.1) is 0 Å². The molecule has 20 nitrogen and oxygen atoms in total. The molecule has 0 saturated carbocycles. The lowest BCUT2D eigenvalue weighted by Gasteiger charge is -2.15. The summed E-state index contributed by atoms with van der Waals surface area (Å²) >= 11 is 4.97. The first kappa shape index (κ1) is 70.4. The van der Waals surface area contributed by atoms with Gasteiger partial charge >= 0.3 is 47.6 Å². The molecule has 8 rings (SSSR count). The van der Waals surface area contributed by atoms with Gasteiger partial charge in [0, 0.05) is 11.6 Å². The largest absolute Gasteiger partial charge is 0.480 e. The van der Waals surface area contributed by atoms with Gasteiger partial charge in [-0.05, 0) is 93.0 Å². The highest BCUT2D eigenvalue weighted by molar-refractivity contribution is 6.61. The van der Waals surface area contributed by atoms with Crippen molar-refractivity contribution in [2.24, 2.45) is 5.73 Å². The second-order valence-electron chi connectivity index (χ2n) is 18.0. The van der Waals surface area contributed by atoms with Crippen LogP contribution in [0.5, 0.6) is 0 Å². The lowest BCUT2D eigenvalue weighted by molar-refractivity contribution is -0.140. The van der Waals surface area contributed by atoms with E-state index < -0.39 is 95.0 Å². The molecule has 0 spiro atoms. The van der Waals surface area contributed by atoms with Crippen molar-refractivity contribution in [2.45, 2.75) is 50.6 Å². The molecule has 2 unspecified atom stereocenters. The lowest BCUT2D eigenvalue weighted by Crippen LogP contribution is -2.34. The number of hydrogen-bond donors (Lipinski definition) is 8. The fraction of sp³-hybridized carbons (Fsp3) is 0.125. The van der Waals surface area contributed by atoms with E-state index in [1.54, 1.807) is 72.8 Å². The average molecular weight is 1250 g/mol. The molecular weight excluding hydrogens is 1190 g/mol. The predicted octanol–water partition coefficient (Wildman–Crippen LogP) is 12.1. The topological polar surface area (TPSA) is 317 Å². The van der Waals surface area contributed by atoms with Gasteiger partial charge in [-0.2, -0.15) is 0 Å². The Labute approximate surface area is 511 Å². The van der Waals surface area contributed by atoms with Crippen LogP contribution in [0.15, 0.2) is 218 Å². The minimum Gasteiger partial charge on any atom is -0.480 e. The van der Waals surface area contributed by atoms with Crippen molar-refractivity contribution < 1.29 is 95.3 Å². The van der Waals surface area contributed by atoms with E-state index in [2.05, 4.69) is 20.7 Å². The predicted molar refractivity (Wildman–Crippen MR) is 313 cm³/mol. The zero-order chi connectivity index (χ0) is 65.1. The maximum absolute atomic E-state index is 13.2. The number of carbonyl (C=O) groups excluding carboxylic acids is 4. The van der Waals surface area contributed by atoms with Crippen LogP contribution in [0.25, 0.3) is 0 Å². The van der Waals surface area contributed by atoms with Crippen molar-refractivity contribution in [3.63, 3.8) is 0 Å². The number of ether oxygens (including phenoxy) is 4. The molecule has 0 bridgehead atoms. The van der Waals surface area contributed by atoms with E-state index in [0.717, 1.165) is 46.5 Å². The molecule has 0 heterocycles. The average Bonchev–Trinajstić information content (AvgIpc) is 3.73. The highest BCUT2D eigenvalue weighted by atomic mass is 35.5. The van der Waals surface area contributed by atoms with E-state index in [1.165, 1.54) is 72.8 Å². The number of rotatable bonds is 19. The Morgan fingerprint density at radius 3 is 0.809 bits per heavy atom. The van der Waals surface area contributed by atoms with Gasteiger partial charge in [-0.15, -0.1) is 0 Å². The molecule has 3 amide bonds. The second-order valence-corrected chi connectivity index (χ2v) is 18.3. The first-order chi connectivity index (χ1) is 42.6. The van der Waals surface area contributed by atoms with Crippen molar-refractivity contribution in [1.29, 1.82) is 0 Å². The number of hydrogen-bond acceptors (Lipinski definition) is 13. The molecular formula is C64H57ClF4N4O16. The van der Waals surface area contributed by atoms with Gasteiger partial charge in [-0.3, -0.25) is 4.79 Å². The zero-order valence-electron chi connectivity index (χ0n) is 46.6. The van der Waals surface area contributed by atoms with Gasteiger partial charge in [0.15, 0.2) is 18.1 Å². The maximum atomic E-state index is 13.2. The maximum Gasteiger partial charge on any atom is 0.408 e. The van der Waals surface area contributed by atoms with Crippen molar-refractivity contribution in [2.75, 3.05) is 0 Å². The smallest absolute Gasteiger partial charge is 0.408 e. The summed E-state index contributed by atoms with van der Waals surface area (Å²) in [7, 11) is 0. The van der Waals surface area contributed by atoms with E-state index in [0.29, 0.717) is 0 Å². The summed E-state index contributed by atoms with van der Waals surface area (Å²) in [6.45, 7) is 0.287. The van der Waals surface area contributed by atoms with Gasteiger partial charge in [0.25, 0.3) is 0 Å². The molecule has 464 valence electrons. The Morgan fingerprint density at radius 2 is 0.584 bits per heavy atom. The number of aliphatic carboxylic acids is 4. The van der Waals surface area contributed by atoms with E-state index in [-0.39, 0.29) is 48.7 Å².